The van der Waals surface area contributed by atoms with Gasteiger partial charge in [0.05, 0.1) is 0 Å². The number of aromatic nitrogens is 3. The number of fused-ring (bicyclic) bond motifs is 1. The summed E-state index contributed by atoms with van der Waals surface area (Å²) in [5.41, 5.74) is 2.09. The van der Waals surface area contributed by atoms with Crippen molar-refractivity contribution >= 4 is 11.2 Å². The summed E-state index contributed by atoms with van der Waals surface area (Å²) < 4.78 is 2.40. The van der Waals surface area contributed by atoms with Gasteiger partial charge in [0, 0.05) is 24.7 Å². The summed E-state index contributed by atoms with van der Waals surface area (Å²) in [5, 5.41) is 0. The SMILES string of the molecule is CCN1CCCC(n2c(C(C)C)nc3cccnc32)C1. The van der Waals surface area contributed by atoms with E-state index in [0.717, 1.165) is 24.3 Å². The molecule has 0 amide bonds. The number of nitrogens with zero attached hydrogens (tertiary/aromatic N) is 4. The Balaban J connectivity index is 2.06. The van der Waals surface area contributed by atoms with Crippen LogP contribution < -0.4 is 0 Å². The average molecular weight is 272 g/mol. The number of imidazole rings is 1. The zero-order valence-electron chi connectivity index (χ0n) is 12.7. The summed E-state index contributed by atoms with van der Waals surface area (Å²) in [6, 6.07) is 4.56. The van der Waals surface area contributed by atoms with E-state index in [4.69, 9.17) is 4.98 Å². The van der Waals surface area contributed by atoms with Crippen LogP contribution in [0.2, 0.25) is 0 Å². The maximum absolute atomic E-state index is 4.82. The lowest BCUT2D eigenvalue weighted by Crippen LogP contribution is -2.37. The zero-order chi connectivity index (χ0) is 14.1. The monoisotopic (exact) mass is 272 g/mol. The fraction of sp³-hybridized carbons (Fsp3) is 0.625. The van der Waals surface area contributed by atoms with Crippen LogP contribution in [0.5, 0.6) is 0 Å². The molecule has 1 saturated heterocycles. The summed E-state index contributed by atoms with van der Waals surface area (Å²) in [4.78, 5) is 11.9. The molecule has 3 rings (SSSR count). The minimum Gasteiger partial charge on any atom is -0.308 e. The first-order valence-electron chi connectivity index (χ1n) is 7.76. The Morgan fingerprint density at radius 1 is 1.40 bits per heavy atom. The Hall–Kier alpha value is -1.42. The fourth-order valence-corrected chi connectivity index (χ4v) is 3.24. The first-order chi connectivity index (χ1) is 9.70. The molecule has 3 heterocycles. The van der Waals surface area contributed by atoms with Crippen LogP contribution in [-0.4, -0.2) is 39.1 Å². The topological polar surface area (TPSA) is 34.0 Å². The molecule has 1 aliphatic rings. The van der Waals surface area contributed by atoms with E-state index in [9.17, 15) is 0 Å². The number of likely N-dealkylation sites (N-methyl/N-ethyl adjacent to an activating group) is 1. The molecule has 108 valence electrons. The summed E-state index contributed by atoms with van der Waals surface area (Å²) >= 11 is 0. The minimum absolute atomic E-state index is 0.432. The normalized spacial score (nSPS) is 20.9. The lowest BCUT2D eigenvalue weighted by molar-refractivity contribution is 0.184. The molecule has 1 unspecified atom stereocenters. The van der Waals surface area contributed by atoms with Gasteiger partial charge in [-0.15, -0.1) is 0 Å². The van der Waals surface area contributed by atoms with Gasteiger partial charge in [-0.2, -0.15) is 0 Å². The van der Waals surface area contributed by atoms with Crippen molar-refractivity contribution in [2.45, 2.75) is 45.6 Å². The number of hydrogen-bond donors (Lipinski definition) is 0. The van der Waals surface area contributed by atoms with Gasteiger partial charge in [-0.1, -0.05) is 20.8 Å². The van der Waals surface area contributed by atoms with Crippen molar-refractivity contribution in [2.75, 3.05) is 19.6 Å². The van der Waals surface area contributed by atoms with Crippen LogP contribution in [0, 0.1) is 0 Å². The van der Waals surface area contributed by atoms with Crippen molar-refractivity contribution in [3.05, 3.63) is 24.2 Å². The van der Waals surface area contributed by atoms with Gasteiger partial charge in [0.25, 0.3) is 0 Å². The molecule has 2 aromatic rings. The van der Waals surface area contributed by atoms with Crippen molar-refractivity contribution in [1.29, 1.82) is 0 Å². The molecule has 0 aromatic carbocycles. The maximum atomic E-state index is 4.82. The van der Waals surface area contributed by atoms with Gasteiger partial charge in [0.15, 0.2) is 5.65 Å². The van der Waals surface area contributed by atoms with E-state index in [1.54, 1.807) is 0 Å². The average Bonchev–Trinajstić information content (AvgIpc) is 2.87. The van der Waals surface area contributed by atoms with Crippen molar-refractivity contribution in [2.24, 2.45) is 0 Å². The number of likely N-dealkylation sites (tertiary alicyclic amines) is 1. The van der Waals surface area contributed by atoms with Crippen LogP contribution in [0.15, 0.2) is 18.3 Å². The summed E-state index contributed by atoms with van der Waals surface area (Å²) in [6.45, 7) is 10.2. The van der Waals surface area contributed by atoms with E-state index in [2.05, 4.69) is 41.3 Å². The van der Waals surface area contributed by atoms with Crippen LogP contribution in [0.3, 0.4) is 0 Å². The smallest absolute Gasteiger partial charge is 0.160 e. The first kappa shape index (κ1) is 13.6. The molecule has 4 heteroatoms. The van der Waals surface area contributed by atoms with Gasteiger partial charge in [0.2, 0.25) is 0 Å². The van der Waals surface area contributed by atoms with Crippen molar-refractivity contribution in [3.63, 3.8) is 0 Å². The lowest BCUT2D eigenvalue weighted by atomic mass is 10.0. The summed E-state index contributed by atoms with van der Waals surface area (Å²) in [7, 11) is 0. The van der Waals surface area contributed by atoms with Gasteiger partial charge in [-0.3, -0.25) is 0 Å². The predicted molar refractivity (Wildman–Crippen MR) is 82.0 cm³/mol. The van der Waals surface area contributed by atoms with E-state index >= 15 is 0 Å². The third kappa shape index (κ3) is 2.33. The minimum atomic E-state index is 0.432. The molecule has 0 bridgehead atoms. The van der Waals surface area contributed by atoms with Crippen LogP contribution in [0.4, 0.5) is 0 Å². The van der Waals surface area contributed by atoms with E-state index in [1.807, 2.05) is 12.3 Å². The molecule has 0 aliphatic carbocycles. The molecule has 20 heavy (non-hydrogen) atoms. The van der Waals surface area contributed by atoms with Crippen molar-refractivity contribution in [3.8, 4) is 0 Å². The number of hydrogen-bond acceptors (Lipinski definition) is 3. The molecule has 1 atom stereocenters. The molecule has 0 N–H and O–H groups in total. The van der Waals surface area contributed by atoms with E-state index in [0.29, 0.717) is 12.0 Å². The lowest BCUT2D eigenvalue weighted by Gasteiger charge is -2.33. The first-order valence-corrected chi connectivity index (χ1v) is 7.76. The van der Waals surface area contributed by atoms with Gasteiger partial charge < -0.3 is 9.47 Å². The third-order valence-electron chi connectivity index (χ3n) is 4.29. The molecule has 0 saturated carbocycles. The second-order valence-corrected chi connectivity index (χ2v) is 6.03. The van der Waals surface area contributed by atoms with Crippen LogP contribution in [-0.2, 0) is 0 Å². The van der Waals surface area contributed by atoms with Crippen molar-refractivity contribution < 1.29 is 0 Å². The Labute approximate surface area is 120 Å². The second-order valence-electron chi connectivity index (χ2n) is 6.03. The predicted octanol–water partition coefficient (Wildman–Crippen LogP) is 3.21. The Morgan fingerprint density at radius 2 is 2.25 bits per heavy atom. The largest absolute Gasteiger partial charge is 0.308 e. The van der Waals surface area contributed by atoms with Gasteiger partial charge in [0.1, 0.15) is 11.3 Å². The molecular formula is C16H24N4. The Bertz CT molecular complexity index is 587. The number of piperidine rings is 1. The van der Waals surface area contributed by atoms with E-state index in [1.165, 1.54) is 25.2 Å². The molecular weight excluding hydrogens is 248 g/mol. The molecule has 1 aliphatic heterocycles. The van der Waals surface area contributed by atoms with Gasteiger partial charge in [-0.25, -0.2) is 9.97 Å². The highest BCUT2D eigenvalue weighted by Gasteiger charge is 2.25. The highest BCUT2D eigenvalue weighted by Crippen LogP contribution is 2.29. The molecule has 4 nitrogen and oxygen atoms in total. The number of pyridine rings is 1. The van der Waals surface area contributed by atoms with E-state index < -0.39 is 0 Å². The molecule has 0 radical (unpaired) electrons. The molecule has 0 spiro atoms. The zero-order valence-corrected chi connectivity index (χ0v) is 12.7. The van der Waals surface area contributed by atoms with Crippen molar-refractivity contribution in [1.82, 2.24) is 19.4 Å². The second kappa shape index (κ2) is 5.52. The highest BCUT2D eigenvalue weighted by molar-refractivity contribution is 5.71. The van der Waals surface area contributed by atoms with Crippen LogP contribution in [0.25, 0.3) is 11.2 Å². The van der Waals surface area contributed by atoms with Gasteiger partial charge >= 0.3 is 0 Å². The highest BCUT2D eigenvalue weighted by atomic mass is 15.2. The van der Waals surface area contributed by atoms with Crippen LogP contribution in [0.1, 0.15) is 51.4 Å². The quantitative estimate of drug-likeness (QED) is 0.860. The molecule has 2 aromatic heterocycles. The summed E-state index contributed by atoms with van der Waals surface area (Å²) in [5.74, 6) is 1.61. The number of rotatable bonds is 3. The standard InChI is InChI=1S/C16H24N4/c1-4-19-10-6-7-13(11-19)20-15(12(2)3)18-14-8-5-9-17-16(14)20/h5,8-9,12-13H,4,6-7,10-11H2,1-3H3. The fourth-order valence-electron chi connectivity index (χ4n) is 3.24. The Morgan fingerprint density at radius 3 is 3.00 bits per heavy atom. The van der Waals surface area contributed by atoms with Gasteiger partial charge in [-0.05, 0) is 38.1 Å². The third-order valence-corrected chi connectivity index (χ3v) is 4.29. The maximum Gasteiger partial charge on any atom is 0.160 e. The van der Waals surface area contributed by atoms with Crippen LogP contribution >= 0.6 is 0 Å². The molecule has 1 fully saturated rings. The Kier molecular flexibility index (Phi) is 3.74. The van der Waals surface area contributed by atoms with E-state index in [-0.39, 0.29) is 0 Å². The summed E-state index contributed by atoms with van der Waals surface area (Å²) in [6.07, 6.45) is 4.38.